The average Bonchev–Trinajstić information content (AvgIpc) is 2.72. The Hall–Kier alpha value is -3.06. The van der Waals surface area contributed by atoms with Crippen molar-refractivity contribution in [1.82, 2.24) is 5.43 Å². The molecule has 2 rings (SSSR count). The molecule has 33 heavy (non-hydrogen) atoms. The van der Waals surface area contributed by atoms with Gasteiger partial charge in [0.05, 0.1) is 0 Å². The number of rotatable bonds is 9. The predicted octanol–water partition coefficient (Wildman–Crippen LogP) is 0.491. The van der Waals surface area contributed by atoms with Crippen LogP contribution in [0.15, 0.2) is 53.9 Å². The zero-order valence-electron chi connectivity index (χ0n) is 19.9. The highest BCUT2D eigenvalue weighted by molar-refractivity contribution is 6.05. The van der Waals surface area contributed by atoms with Gasteiger partial charge in [0.15, 0.2) is 12.4 Å². The summed E-state index contributed by atoms with van der Waals surface area (Å²) in [6.07, 6.45) is 4.08. The molecule has 0 atom stereocenters. The van der Waals surface area contributed by atoms with Crippen LogP contribution in [0.3, 0.4) is 0 Å². The Morgan fingerprint density at radius 2 is 1.61 bits per heavy atom. The lowest BCUT2D eigenvalue weighted by molar-refractivity contribution is -0.684. The minimum absolute atomic E-state index is 0. The molecule has 0 aliphatic heterocycles. The van der Waals surface area contributed by atoms with Crippen LogP contribution in [0.1, 0.15) is 51.2 Å². The number of pyridine rings is 1. The molecule has 0 radical (unpaired) electrons. The molecule has 1 aromatic heterocycles. The number of Topliss-reactive ketones (excluding diaryl/α,β-unsaturated/α-hetero) is 1. The third-order valence-electron chi connectivity index (χ3n) is 5.07. The van der Waals surface area contributed by atoms with Crippen molar-refractivity contribution >= 4 is 29.0 Å². The molecule has 178 valence electrons. The number of aryl methyl sites for hydroxylation is 2. The maximum Gasteiger partial charge on any atom is 0.305 e. The van der Waals surface area contributed by atoms with Gasteiger partial charge in [0.2, 0.25) is 12.5 Å². The Morgan fingerprint density at radius 1 is 0.939 bits per heavy atom. The van der Waals surface area contributed by atoms with Crippen LogP contribution in [0.4, 0.5) is 5.69 Å². The van der Waals surface area contributed by atoms with E-state index in [1.165, 1.54) is 0 Å². The number of hydrogen-bond donors (Lipinski definition) is 2. The number of ketones is 1. The van der Waals surface area contributed by atoms with Gasteiger partial charge >= 0.3 is 5.91 Å². The number of halogens is 1. The number of aromatic nitrogens is 1. The Kier molecular flexibility index (Phi) is 10.9. The number of amides is 2. The highest BCUT2D eigenvalue weighted by atomic mass is 35.5. The molecule has 8 heteroatoms. The molecule has 2 N–H and O–H groups in total. The second-order valence-electron chi connectivity index (χ2n) is 8.96. The summed E-state index contributed by atoms with van der Waals surface area (Å²) in [5.74, 6) is -0.477. The first-order valence-corrected chi connectivity index (χ1v) is 10.7. The summed E-state index contributed by atoms with van der Waals surface area (Å²) in [5.41, 5.74) is 5.45. The molecule has 1 aromatic carbocycles. The van der Waals surface area contributed by atoms with Crippen molar-refractivity contribution in [3.05, 3.63) is 59.9 Å². The van der Waals surface area contributed by atoms with Gasteiger partial charge in [0.25, 0.3) is 0 Å². The molecule has 2 aromatic rings. The molecule has 0 aliphatic rings. The van der Waals surface area contributed by atoms with Crippen LogP contribution < -0.4 is 27.7 Å². The highest BCUT2D eigenvalue weighted by Gasteiger charge is 2.23. The van der Waals surface area contributed by atoms with Gasteiger partial charge in [-0.2, -0.15) is 9.67 Å². The van der Waals surface area contributed by atoms with Gasteiger partial charge in [-0.05, 0) is 43.5 Å². The number of hydrogen-bond acceptors (Lipinski definition) is 4. The number of anilines is 1. The third-order valence-corrected chi connectivity index (χ3v) is 5.07. The van der Waals surface area contributed by atoms with Crippen LogP contribution in [0.25, 0.3) is 0 Å². The smallest absolute Gasteiger partial charge is 0.305 e. The first-order chi connectivity index (χ1) is 15.0. The van der Waals surface area contributed by atoms with Crippen LogP contribution in [0.2, 0.25) is 0 Å². The summed E-state index contributed by atoms with van der Waals surface area (Å²) in [7, 11) is 0. The fraction of sp³-hybridized carbons (Fsp3) is 0.400. The summed E-state index contributed by atoms with van der Waals surface area (Å²) >= 11 is 0. The number of nitrogens with one attached hydrogen (secondary N) is 2. The minimum atomic E-state index is -0.535. The second-order valence-corrected chi connectivity index (χ2v) is 8.96. The van der Waals surface area contributed by atoms with Gasteiger partial charge in [-0.3, -0.25) is 14.4 Å². The molecule has 7 nitrogen and oxygen atoms in total. The quantitative estimate of drug-likeness (QED) is 0.316. The lowest BCUT2D eigenvalue weighted by Crippen LogP contribution is -3.00. The van der Waals surface area contributed by atoms with Gasteiger partial charge in [-0.25, -0.2) is 5.43 Å². The van der Waals surface area contributed by atoms with E-state index in [1.807, 2.05) is 71.0 Å². The van der Waals surface area contributed by atoms with E-state index in [1.54, 1.807) is 17.0 Å². The van der Waals surface area contributed by atoms with Crippen molar-refractivity contribution in [2.24, 2.45) is 10.5 Å². The second kappa shape index (κ2) is 12.8. The average molecular weight is 473 g/mol. The highest BCUT2D eigenvalue weighted by Crippen LogP contribution is 2.18. The molecule has 2 amide bonds. The summed E-state index contributed by atoms with van der Waals surface area (Å²) in [6.45, 7) is 9.63. The first kappa shape index (κ1) is 28.0. The van der Waals surface area contributed by atoms with Crippen LogP contribution >= 0.6 is 0 Å². The van der Waals surface area contributed by atoms with Crippen LogP contribution in [-0.2, 0) is 20.9 Å². The van der Waals surface area contributed by atoms with E-state index < -0.39 is 5.41 Å². The van der Waals surface area contributed by atoms with Crippen LogP contribution in [0, 0.1) is 19.3 Å². The zero-order chi connectivity index (χ0) is 23.7. The van der Waals surface area contributed by atoms with Gasteiger partial charge < -0.3 is 17.7 Å². The van der Waals surface area contributed by atoms with E-state index in [2.05, 4.69) is 15.8 Å². The molecular formula is C25H33ClN4O3. The topological polar surface area (TPSA) is 91.5 Å². The van der Waals surface area contributed by atoms with Crippen molar-refractivity contribution in [3.8, 4) is 0 Å². The Balaban J connectivity index is 0.00000544. The lowest BCUT2D eigenvalue weighted by atomic mass is 9.87. The van der Waals surface area contributed by atoms with Crippen molar-refractivity contribution in [2.75, 3.05) is 5.32 Å². The normalized spacial score (nSPS) is 11.4. The van der Waals surface area contributed by atoms with E-state index >= 15 is 0 Å². The number of benzene rings is 1. The zero-order valence-corrected chi connectivity index (χ0v) is 20.7. The summed E-state index contributed by atoms with van der Waals surface area (Å²) < 4.78 is 1.72. The van der Waals surface area contributed by atoms with Gasteiger partial charge in [0, 0.05) is 41.8 Å². The molecule has 0 aliphatic carbocycles. The van der Waals surface area contributed by atoms with E-state index in [9.17, 15) is 14.4 Å². The molecular weight excluding hydrogens is 440 g/mol. The summed E-state index contributed by atoms with van der Waals surface area (Å²) in [5, 5.41) is 7.06. The molecule has 1 heterocycles. The predicted molar refractivity (Wildman–Crippen MR) is 125 cm³/mol. The van der Waals surface area contributed by atoms with Crippen molar-refractivity contribution in [3.63, 3.8) is 0 Å². The number of carbonyl (C=O) groups excluding carboxylic acids is 3. The molecule has 0 saturated heterocycles. The third kappa shape index (κ3) is 9.95. The standard InChI is InChI=1S/C25H32N4O3.ClH/c1-18-9-10-20(15-19(18)2)26-23(31)12-11-21(16-22(30)25(3,4)5)27-28-24(32)17-29-13-7-6-8-14-29;/h6-10,13-15H,11-12,16-17H2,1-5H3,(H-,26,28,31,32);1H/b27-21-;. The molecule has 0 spiro atoms. The van der Waals surface area contributed by atoms with Crippen molar-refractivity contribution in [2.45, 2.75) is 60.4 Å². The molecule has 0 saturated carbocycles. The van der Waals surface area contributed by atoms with Gasteiger partial charge in [-0.15, -0.1) is 0 Å². The van der Waals surface area contributed by atoms with E-state index in [-0.39, 0.29) is 55.8 Å². The molecule has 0 fully saturated rings. The van der Waals surface area contributed by atoms with Crippen LogP contribution in [0.5, 0.6) is 0 Å². The van der Waals surface area contributed by atoms with Crippen molar-refractivity contribution in [1.29, 1.82) is 0 Å². The maximum absolute atomic E-state index is 12.5. The van der Waals surface area contributed by atoms with E-state index in [4.69, 9.17) is 0 Å². The Bertz CT molecular complexity index is 998. The maximum atomic E-state index is 12.5. The van der Waals surface area contributed by atoms with E-state index in [0.29, 0.717) is 5.71 Å². The Labute approximate surface area is 202 Å². The fourth-order valence-electron chi connectivity index (χ4n) is 2.82. The van der Waals surface area contributed by atoms with E-state index in [0.717, 1.165) is 16.8 Å². The SMILES string of the molecule is Cc1ccc(NC(=O)CC/C(CC(=O)C(C)(C)C)=N/NC(=O)C[n+]2ccccc2)cc1C.[Cl-]. The molecule has 0 unspecified atom stereocenters. The van der Waals surface area contributed by atoms with Crippen LogP contribution in [-0.4, -0.2) is 23.3 Å². The number of hydrazone groups is 1. The Morgan fingerprint density at radius 3 is 2.21 bits per heavy atom. The molecule has 0 bridgehead atoms. The number of carbonyl (C=O) groups is 3. The summed E-state index contributed by atoms with van der Waals surface area (Å²) in [4.78, 5) is 37.2. The van der Waals surface area contributed by atoms with Gasteiger partial charge in [0.1, 0.15) is 5.78 Å². The number of nitrogens with zero attached hydrogens (tertiary/aromatic N) is 2. The van der Waals surface area contributed by atoms with Crippen molar-refractivity contribution < 1.29 is 31.4 Å². The fourth-order valence-corrected chi connectivity index (χ4v) is 2.82. The lowest BCUT2D eigenvalue weighted by Gasteiger charge is -2.17. The largest absolute Gasteiger partial charge is 1.00 e. The van der Waals surface area contributed by atoms with Gasteiger partial charge in [-0.1, -0.05) is 32.9 Å². The summed E-state index contributed by atoms with van der Waals surface area (Å²) in [6, 6.07) is 11.3. The monoisotopic (exact) mass is 472 g/mol. The first-order valence-electron chi connectivity index (χ1n) is 10.7. The minimum Gasteiger partial charge on any atom is -1.00 e.